The lowest BCUT2D eigenvalue weighted by Gasteiger charge is -2.14. The van der Waals surface area contributed by atoms with E-state index in [1.54, 1.807) is 0 Å². The van der Waals surface area contributed by atoms with Crippen LogP contribution in [-0.2, 0) is 0 Å². The summed E-state index contributed by atoms with van der Waals surface area (Å²) >= 11 is 0. The highest BCUT2D eigenvalue weighted by Crippen LogP contribution is 2.40. The Hall–Kier alpha value is -6.71. The van der Waals surface area contributed by atoms with Gasteiger partial charge in [0.05, 0.1) is 16.9 Å². The highest BCUT2D eigenvalue weighted by atomic mass is 14.9. The molecule has 0 radical (unpaired) electrons. The second-order valence-electron chi connectivity index (χ2n) is 12.8. The molecule has 0 aliphatic carbocycles. The highest BCUT2D eigenvalue weighted by molar-refractivity contribution is 6.25. The number of para-hydroxylation sites is 1. The number of hydrogen-bond donors (Lipinski definition) is 0. The number of benzene rings is 8. The molecule has 0 saturated heterocycles. The highest BCUT2D eigenvalue weighted by Gasteiger charge is 2.14. The molecule has 0 amide bonds. The lowest BCUT2D eigenvalue weighted by Crippen LogP contribution is -1.96. The van der Waals surface area contributed by atoms with Crippen molar-refractivity contribution in [3.63, 3.8) is 0 Å². The Labute approximate surface area is 289 Å². The molecule has 0 unspecified atom stereocenters. The number of rotatable bonds is 5. The zero-order chi connectivity index (χ0) is 33.0. The molecule has 0 aliphatic heterocycles. The van der Waals surface area contributed by atoms with Gasteiger partial charge in [-0.25, -0.2) is 9.97 Å². The maximum atomic E-state index is 5.14. The minimum Gasteiger partial charge on any atom is -0.256 e. The molecule has 0 N–H and O–H groups in total. The van der Waals surface area contributed by atoms with Crippen LogP contribution in [0.15, 0.2) is 176 Å². The van der Waals surface area contributed by atoms with Gasteiger partial charge in [-0.05, 0) is 72.8 Å². The first-order chi connectivity index (χ1) is 24.8. The fourth-order valence-corrected chi connectivity index (χ4v) is 7.44. The van der Waals surface area contributed by atoms with E-state index in [4.69, 9.17) is 9.97 Å². The van der Waals surface area contributed by atoms with Gasteiger partial charge >= 0.3 is 0 Å². The Morgan fingerprint density at radius 1 is 0.340 bits per heavy atom. The second-order valence-corrected chi connectivity index (χ2v) is 12.8. The molecule has 10 aromatic rings. The van der Waals surface area contributed by atoms with E-state index in [0.29, 0.717) is 5.82 Å². The third-order valence-electron chi connectivity index (χ3n) is 9.92. The molecule has 2 heterocycles. The summed E-state index contributed by atoms with van der Waals surface area (Å²) in [7, 11) is 0. The average molecular weight is 636 g/mol. The summed E-state index contributed by atoms with van der Waals surface area (Å²) in [5.74, 6) is 0.701. The molecule has 8 aromatic carbocycles. The van der Waals surface area contributed by atoms with Gasteiger partial charge in [-0.1, -0.05) is 152 Å². The van der Waals surface area contributed by atoms with Crippen LogP contribution in [-0.4, -0.2) is 15.0 Å². The zero-order valence-corrected chi connectivity index (χ0v) is 27.1. The van der Waals surface area contributed by atoms with Crippen molar-refractivity contribution in [1.29, 1.82) is 0 Å². The van der Waals surface area contributed by atoms with Crippen LogP contribution in [0.2, 0.25) is 0 Å². The maximum Gasteiger partial charge on any atom is 0.160 e. The maximum absolute atomic E-state index is 5.14. The lowest BCUT2D eigenvalue weighted by molar-refractivity contribution is 1.18. The van der Waals surface area contributed by atoms with Crippen molar-refractivity contribution >= 4 is 43.2 Å². The lowest BCUT2D eigenvalue weighted by atomic mass is 9.90. The quantitative estimate of drug-likeness (QED) is 0.177. The Morgan fingerprint density at radius 3 is 1.64 bits per heavy atom. The smallest absolute Gasteiger partial charge is 0.160 e. The average Bonchev–Trinajstić information content (AvgIpc) is 3.20. The van der Waals surface area contributed by atoms with Crippen molar-refractivity contribution in [3.05, 3.63) is 176 Å². The van der Waals surface area contributed by atoms with E-state index in [-0.39, 0.29) is 0 Å². The van der Waals surface area contributed by atoms with Gasteiger partial charge in [0.25, 0.3) is 0 Å². The molecule has 10 rings (SSSR count). The van der Waals surface area contributed by atoms with Gasteiger partial charge in [-0.3, -0.25) is 4.98 Å². The molecule has 0 bridgehead atoms. The summed E-state index contributed by atoms with van der Waals surface area (Å²) in [6.45, 7) is 0. The second kappa shape index (κ2) is 11.5. The number of hydrogen-bond acceptors (Lipinski definition) is 3. The molecule has 0 saturated carbocycles. The van der Waals surface area contributed by atoms with Crippen molar-refractivity contribution in [2.75, 3.05) is 0 Å². The predicted molar refractivity (Wildman–Crippen MR) is 208 cm³/mol. The molecule has 0 fully saturated rings. The Kier molecular flexibility index (Phi) is 6.49. The van der Waals surface area contributed by atoms with Crippen LogP contribution >= 0.6 is 0 Å². The summed E-state index contributed by atoms with van der Waals surface area (Å²) < 4.78 is 0. The largest absolute Gasteiger partial charge is 0.256 e. The van der Waals surface area contributed by atoms with Gasteiger partial charge in [0.1, 0.15) is 0 Å². The van der Waals surface area contributed by atoms with Crippen LogP contribution in [0, 0.1) is 0 Å². The van der Waals surface area contributed by atoms with E-state index in [1.165, 1.54) is 49.0 Å². The van der Waals surface area contributed by atoms with E-state index >= 15 is 0 Å². The van der Waals surface area contributed by atoms with Gasteiger partial charge in [-0.15, -0.1) is 0 Å². The van der Waals surface area contributed by atoms with Gasteiger partial charge < -0.3 is 0 Å². The summed E-state index contributed by atoms with van der Waals surface area (Å²) in [5, 5.41) is 8.90. The Balaban J connectivity index is 1.05. The third kappa shape index (κ3) is 4.71. The fraction of sp³-hybridized carbons (Fsp3) is 0. The van der Waals surface area contributed by atoms with Crippen molar-refractivity contribution in [2.24, 2.45) is 0 Å². The molecule has 3 heteroatoms. The van der Waals surface area contributed by atoms with E-state index in [0.717, 1.165) is 44.5 Å². The van der Waals surface area contributed by atoms with Crippen molar-refractivity contribution in [3.8, 4) is 56.2 Å². The first-order valence-corrected chi connectivity index (χ1v) is 16.9. The van der Waals surface area contributed by atoms with Gasteiger partial charge in [0, 0.05) is 28.3 Å². The summed E-state index contributed by atoms with van der Waals surface area (Å²) in [6.07, 6.45) is 1.88. The molecule has 0 atom stereocenters. The van der Waals surface area contributed by atoms with Crippen LogP contribution in [0.1, 0.15) is 0 Å². The minimum atomic E-state index is 0.701. The molecule has 0 spiro atoms. The van der Waals surface area contributed by atoms with Gasteiger partial charge in [0.2, 0.25) is 0 Å². The Morgan fingerprint density at radius 2 is 0.900 bits per heavy atom. The molecular formula is C47H29N3. The molecule has 232 valence electrons. The van der Waals surface area contributed by atoms with E-state index in [1.807, 2.05) is 18.3 Å². The zero-order valence-electron chi connectivity index (χ0n) is 27.1. The third-order valence-corrected chi connectivity index (χ3v) is 9.92. The van der Waals surface area contributed by atoms with Crippen LogP contribution in [0.4, 0.5) is 0 Å². The molecular weight excluding hydrogens is 607 g/mol. The van der Waals surface area contributed by atoms with Crippen LogP contribution in [0.5, 0.6) is 0 Å². The number of fused-ring (bicyclic) bond motifs is 1. The standard InChI is InChI=1S/C47H29N3/c1-2-7-32(8-3-1)43-29-44(33-17-13-31(14-18-33)39-27-28-48-42-12-5-4-11-40(39)42)50-47(49-43)37-21-15-30(16-22-37)38-25-23-36-20-19-34-9-6-10-35-24-26-41(38)46(36)45(34)35/h1-29H. The molecule has 0 aliphatic rings. The monoisotopic (exact) mass is 635 g/mol. The summed E-state index contributed by atoms with van der Waals surface area (Å²) in [6, 6.07) is 60.2. The first kappa shape index (κ1) is 28.3. The van der Waals surface area contributed by atoms with Crippen molar-refractivity contribution in [1.82, 2.24) is 15.0 Å². The van der Waals surface area contributed by atoms with E-state index in [2.05, 4.69) is 163 Å². The minimum absolute atomic E-state index is 0.701. The van der Waals surface area contributed by atoms with Crippen LogP contribution < -0.4 is 0 Å². The van der Waals surface area contributed by atoms with Crippen molar-refractivity contribution in [2.45, 2.75) is 0 Å². The first-order valence-electron chi connectivity index (χ1n) is 16.9. The predicted octanol–water partition coefficient (Wildman–Crippen LogP) is 12.3. The normalized spacial score (nSPS) is 11.6. The van der Waals surface area contributed by atoms with Crippen LogP contribution in [0.25, 0.3) is 99.4 Å². The topological polar surface area (TPSA) is 38.7 Å². The fourth-order valence-electron chi connectivity index (χ4n) is 7.44. The molecule has 2 aromatic heterocycles. The summed E-state index contributed by atoms with van der Waals surface area (Å²) in [4.78, 5) is 14.8. The molecule has 3 nitrogen and oxygen atoms in total. The number of pyridine rings is 1. The Bertz CT molecular complexity index is 2820. The van der Waals surface area contributed by atoms with Crippen molar-refractivity contribution < 1.29 is 0 Å². The number of nitrogens with zero attached hydrogens (tertiary/aromatic N) is 3. The van der Waals surface area contributed by atoms with Crippen LogP contribution in [0.3, 0.4) is 0 Å². The SMILES string of the molecule is c1ccc(-c2cc(-c3ccc(-c4ccnc5ccccc45)cc3)nc(-c3ccc(-c4ccc5ccc6cccc7ccc4c5c67)cc3)n2)cc1. The van der Waals surface area contributed by atoms with E-state index < -0.39 is 0 Å². The summed E-state index contributed by atoms with van der Waals surface area (Å²) in [5.41, 5.74) is 10.6. The van der Waals surface area contributed by atoms with Gasteiger partial charge in [0.15, 0.2) is 5.82 Å². The van der Waals surface area contributed by atoms with E-state index in [9.17, 15) is 0 Å². The molecule has 50 heavy (non-hydrogen) atoms. The number of aromatic nitrogens is 3. The van der Waals surface area contributed by atoms with Gasteiger partial charge in [-0.2, -0.15) is 0 Å².